The first-order chi connectivity index (χ1) is 12.5. The fourth-order valence-electron chi connectivity index (χ4n) is 3.07. The van der Waals surface area contributed by atoms with Gasteiger partial charge in [-0.05, 0) is 37.0 Å². The molecule has 26 heavy (non-hydrogen) atoms. The number of nitrogens with one attached hydrogen (secondary N) is 3. The maximum Gasteiger partial charge on any atom is 0.242 e. The third-order valence-corrected chi connectivity index (χ3v) is 4.74. The number of amides is 2. The molecule has 3 N–H and O–H groups in total. The lowest BCUT2D eigenvalue weighted by Gasteiger charge is -2.26. The number of rotatable bonds is 5. The van der Waals surface area contributed by atoms with Gasteiger partial charge in [0.25, 0.3) is 0 Å². The predicted octanol–water partition coefficient (Wildman–Crippen LogP) is 1.83. The number of carbonyl (C=O) groups is 2. The van der Waals surface area contributed by atoms with Gasteiger partial charge in [-0.2, -0.15) is 0 Å². The van der Waals surface area contributed by atoms with E-state index in [2.05, 4.69) is 22.0 Å². The molecule has 1 aliphatic rings. The van der Waals surface area contributed by atoms with Gasteiger partial charge in [-0.3, -0.25) is 9.59 Å². The van der Waals surface area contributed by atoms with Crippen LogP contribution in [-0.4, -0.2) is 23.9 Å². The zero-order valence-electron chi connectivity index (χ0n) is 15.2. The normalized spacial score (nSPS) is 17.1. The number of aryl methyl sites for hydroxylation is 1. The van der Waals surface area contributed by atoms with Gasteiger partial charge in [0, 0.05) is 13.1 Å². The fourth-order valence-corrected chi connectivity index (χ4v) is 3.07. The average Bonchev–Trinajstić information content (AvgIpc) is 2.66. The summed E-state index contributed by atoms with van der Waals surface area (Å²) < 4.78 is 0. The molecule has 1 heterocycles. The van der Waals surface area contributed by atoms with Gasteiger partial charge in [0.05, 0.1) is 6.04 Å². The lowest BCUT2D eigenvalue weighted by atomic mass is 9.95. The van der Waals surface area contributed by atoms with E-state index >= 15 is 0 Å². The summed E-state index contributed by atoms with van der Waals surface area (Å²) in [4.78, 5) is 24.7. The quantitative estimate of drug-likeness (QED) is 0.770. The van der Waals surface area contributed by atoms with Gasteiger partial charge in [0.15, 0.2) is 0 Å². The Bertz CT molecular complexity index is 786. The van der Waals surface area contributed by atoms with E-state index in [9.17, 15) is 9.59 Å². The van der Waals surface area contributed by atoms with Crippen molar-refractivity contribution in [3.8, 4) is 0 Å². The van der Waals surface area contributed by atoms with E-state index in [1.165, 1.54) is 16.7 Å². The molecule has 3 rings (SSSR count). The van der Waals surface area contributed by atoms with Crippen LogP contribution in [0.15, 0.2) is 48.5 Å². The van der Waals surface area contributed by atoms with Gasteiger partial charge < -0.3 is 16.0 Å². The summed E-state index contributed by atoms with van der Waals surface area (Å²) in [7, 11) is 0. The van der Waals surface area contributed by atoms with Gasteiger partial charge >= 0.3 is 0 Å². The molecule has 0 spiro atoms. The summed E-state index contributed by atoms with van der Waals surface area (Å²) in [6.07, 6.45) is 0.639. The Morgan fingerprint density at radius 1 is 1.12 bits per heavy atom. The number of carbonyl (C=O) groups excluding carboxylic acids is 2. The van der Waals surface area contributed by atoms with Crippen molar-refractivity contribution in [2.45, 2.75) is 45.4 Å². The minimum Gasteiger partial charge on any atom is -0.350 e. The van der Waals surface area contributed by atoms with Crippen molar-refractivity contribution in [2.24, 2.45) is 0 Å². The molecule has 0 aliphatic carbocycles. The van der Waals surface area contributed by atoms with Crippen molar-refractivity contribution in [1.29, 1.82) is 0 Å². The number of benzene rings is 2. The fraction of sp³-hybridized carbons (Fsp3) is 0.333. The largest absolute Gasteiger partial charge is 0.350 e. The maximum absolute atomic E-state index is 12.5. The third-order valence-electron chi connectivity index (χ3n) is 4.74. The molecule has 0 fully saturated rings. The van der Waals surface area contributed by atoms with Crippen LogP contribution in [0.5, 0.6) is 0 Å². The predicted molar refractivity (Wildman–Crippen MR) is 101 cm³/mol. The molecular formula is C21H25N3O2. The van der Waals surface area contributed by atoms with E-state index in [0.717, 1.165) is 5.56 Å². The molecule has 1 aliphatic heterocycles. The zero-order valence-corrected chi connectivity index (χ0v) is 15.2. The average molecular weight is 351 g/mol. The first-order valence-corrected chi connectivity index (χ1v) is 8.97. The summed E-state index contributed by atoms with van der Waals surface area (Å²) in [6.45, 7) is 4.85. The summed E-state index contributed by atoms with van der Waals surface area (Å²) >= 11 is 0. The Balaban J connectivity index is 1.49. The summed E-state index contributed by atoms with van der Waals surface area (Å²) in [5.74, 6) is -0.326. The second-order valence-corrected chi connectivity index (χ2v) is 6.84. The molecule has 0 aromatic heterocycles. The molecule has 2 aromatic carbocycles. The molecule has 5 heteroatoms. The second kappa shape index (κ2) is 8.15. The van der Waals surface area contributed by atoms with Crippen molar-refractivity contribution < 1.29 is 9.59 Å². The lowest BCUT2D eigenvalue weighted by molar-refractivity contribution is -0.129. The van der Waals surface area contributed by atoms with Crippen LogP contribution in [0.3, 0.4) is 0 Å². The van der Waals surface area contributed by atoms with Crippen LogP contribution >= 0.6 is 0 Å². The number of hydrogen-bond donors (Lipinski definition) is 3. The lowest BCUT2D eigenvalue weighted by Crippen LogP contribution is -2.53. The van der Waals surface area contributed by atoms with Gasteiger partial charge in [0.1, 0.15) is 6.04 Å². The van der Waals surface area contributed by atoms with Crippen LogP contribution < -0.4 is 16.0 Å². The standard InChI is InChI=1S/C21H25N3O2/c1-14-7-9-16(10-8-14)12-23-20(25)15(2)24-21(26)19-11-17-5-3-4-6-18(17)13-22-19/h3-10,15,19,22H,11-13H2,1-2H3,(H,23,25)(H,24,26)/t15-,19+/m0/s1. The minimum atomic E-state index is -0.577. The second-order valence-electron chi connectivity index (χ2n) is 6.84. The first kappa shape index (κ1) is 18.1. The molecule has 0 bridgehead atoms. The van der Waals surface area contributed by atoms with Gasteiger partial charge in [0.2, 0.25) is 11.8 Å². The monoisotopic (exact) mass is 351 g/mol. The van der Waals surface area contributed by atoms with Crippen LogP contribution in [0.4, 0.5) is 0 Å². The molecule has 5 nitrogen and oxygen atoms in total. The summed E-state index contributed by atoms with van der Waals surface area (Å²) in [5.41, 5.74) is 4.62. The Labute approximate surface area is 154 Å². The van der Waals surface area contributed by atoms with Crippen LogP contribution in [0.2, 0.25) is 0 Å². The van der Waals surface area contributed by atoms with E-state index in [4.69, 9.17) is 0 Å². The zero-order chi connectivity index (χ0) is 18.5. The SMILES string of the molecule is Cc1ccc(CNC(=O)[C@H](C)NC(=O)[C@H]2Cc3ccccc3CN2)cc1. The van der Waals surface area contributed by atoms with Crippen LogP contribution in [-0.2, 0) is 29.1 Å². The third kappa shape index (κ3) is 4.49. The summed E-state index contributed by atoms with van der Waals surface area (Å²) in [5, 5.41) is 8.92. The highest BCUT2D eigenvalue weighted by Gasteiger charge is 2.26. The van der Waals surface area contributed by atoms with Crippen molar-refractivity contribution in [3.05, 3.63) is 70.8 Å². The van der Waals surface area contributed by atoms with E-state index < -0.39 is 6.04 Å². The van der Waals surface area contributed by atoms with Crippen molar-refractivity contribution in [2.75, 3.05) is 0 Å². The highest BCUT2D eigenvalue weighted by atomic mass is 16.2. The van der Waals surface area contributed by atoms with Gasteiger partial charge in [-0.15, -0.1) is 0 Å². The van der Waals surface area contributed by atoms with Crippen LogP contribution in [0, 0.1) is 6.92 Å². The van der Waals surface area contributed by atoms with Crippen molar-refractivity contribution in [1.82, 2.24) is 16.0 Å². The van der Waals surface area contributed by atoms with E-state index in [1.54, 1.807) is 6.92 Å². The highest BCUT2D eigenvalue weighted by Crippen LogP contribution is 2.16. The Morgan fingerprint density at radius 2 is 1.81 bits per heavy atom. The van der Waals surface area contributed by atoms with Gasteiger partial charge in [-0.25, -0.2) is 0 Å². The van der Waals surface area contributed by atoms with Crippen molar-refractivity contribution >= 4 is 11.8 Å². The minimum absolute atomic E-state index is 0.141. The highest BCUT2D eigenvalue weighted by molar-refractivity contribution is 5.89. The molecule has 0 unspecified atom stereocenters. The number of hydrogen-bond acceptors (Lipinski definition) is 3. The maximum atomic E-state index is 12.5. The topological polar surface area (TPSA) is 70.2 Å². The molecular weight excluding hydrogens is 326 g/mol. The van der Waals surface area contributed by atoms with E-state index in [0.29, 0.717) is 19.5 Å². The Morgan fingerprint density at radius 3 is 2.54 bits per heavy atom. The van der Waals surface area contributed by atoms with E-state index in [-0.39, 0.29) is 17.9 Å². The molecule has 0 saturated heterocycles. The molecule has 2 atom stereocenters. The number of fused-ring (bicyclic) bond motifs is 1. The Kier molecular flexibility index (Phi) is 5.68. The van der Waals surface area contributed by atoms with E-state index in [1.807, 2.05) is 49.4 Å². The smallest absolute Gasteiger partial charge is 0.242 e. The summed E-state index contributed by atoms with van der Waals surface area (Å²) in [6, 6.07) is 15.2. The molecule has 0 saturated carbocycles. The van der Waals surface area contributed by atoms with Gasteiger partial charge in [-0.1, -0.05) is 54.1 Å². The molecule has 0 radical (unpaired) electrons. The van der Waals surface area contributed by atoms with Crippen LogP contribution in [0.1, 0.15) is 29.2 Å². The van der Waals surface area contributed by atoms with Crippen LogP contribution in [0.25, 0.3) is 0 Å². The van der Waals surface area contributed by atoms with Crippen molar-refractivity contribution in [3.63, 3.8) is 0 Å². The Hall–Kier alpha value is -2.66. The molecule has 2 aromatic rings. The molecule has 136 valence electrons. The first-order valence-electron chi connectivity index (χ1n) is 8.97. The molecule has 2 amide bonds.